The molecule has 0 fully saturated rings. The number of ether oxygens (including phenoxy) is 1. The summed E-state index contributed by atoms with van der Waals surface area (Å²) in [6, 6.07) is 15.5. The monoisotopic (exact) mass is 416 g/mol. The zero-order valence-corrected chi connectivity index (χ0v) is 17.6. The number of quaternary nitrogens is 1. The molecule has 28 heavy (non-hydrogen) atoms. The molecule has 0 aliphatic carbocycles. The van der Waals surface area contributed by atoms with E-state index in [9.17, 15) is 4.79 Å². The van der Waals surface area contributed by atoms with Crippen LogP contribution >= 0.6 is 22.9 Å². The van der Waals surface area contributed by atoms with Gasteiger partial charge in [-0.25, -0.2) is 4.98 Å². The Kier molecular flexibility index (Phi) is 6.67. The van der Waals surface area contributed by atoms with Gasteiger partial charge in [-0.3, -0.25) is 9.69 Å². The van der Waals surface area contributed by atoms with Crippen LogP contribution in [-0.2, 0) is 11.3 Å². The van der Waals surface area contributed by atoms with Gasteiger partial charge in [-0.15, -0.1) is 11.3 Å². The van der Waals surface area contributed by atoms with Crippen molar-refractivity contribution in [2.24, 2.45) is 0 Å². The third-order valence-corrected chi connectivity index (χ3v) is 5.67. The molecule has 0 unspecified atom stereocenters. The van der Waals surface area contributed by atoms with E-state index in [1.807, 2.05) is 53.9 Å². The first-order chi connectivity index (χ1) is 13.5. The number of halogens is 1. The largest absolute Gasteiger partial charge is 0.495 e. The third kappa shape index (κ3) is 4.52. The molecule has 1 aromatic heterocycles. The number of carbonyl (C=O) groups excluding carboxylic acids is 1. The average Bonchev–Trinajstić information content (AvgIpc) is 3.15. The summed E-state index contributed by atoms with van der Waals surface area (Å²) in [6.07, 6.45) is 0. The van der Waals surface area contributed by atoms with Crippen LogP contribution in [0.1, 0.15) is 31.1 Å². The summed E-state index contributed by atoms with van der Waals surface area (Å²) in [7, 11) is 1.59. The summed E-state index contributed by atoms with van der Waals surface area (Å²) < 4.78 is 5.41. The van der Waals surface area contributed by atoms with E-state index >= 15 is 0 Å². The fourth-order valence-electron chi connectivity index (χ4n) is 2.98. The average molecular weight is 417 g/mol. The molecule has 5 nitrogen and oxygen atoms in total. The molecule has 3 rings (SSSR count). The van der Waals surface area contributed by atoms with Crippen LogP contribution in [0.3, 0.4) is 0 Å². The number of para-hydroxylation sites is 2. The number of thiazole rings is 1. The van der Waals surface area contributed by atoms with E-state index < -0.39 is 0 Å². The summed E-state index contributed by atoms with van der Waals surface area (Å²) in [5.41, 5.74) is 2.70. The number of benzene rings is 2. The molecule has 2 N–H and O–H groups in total. The van der Waals surface area contributed by atoms with Crippen molar-refractivity contribution in [3.8, 4) is 5.75 Å². The van der Waals surface area contributed by atoms with Crippen LogP contribution in [0.2, 0.25) is 5.02 Å². The van der Waals surface area contributed by atoms with Crippen LogP contribution in [-0.4, -0.2) is 18.0 Å². The van der Waals surface area contributed by atoms with Crippen LogP contribution in [0.25, 0.3) is 0 Å². The van der Waals surface area contributed by atoms with Crippen LogP contribution in [0.5, 0.6) is 5.75 Å². The van der Waals surface area contributed by atoms with E-state index in [1.54, 1.807) is 12.0 Å². The van der Waals surface area contributed by atoms with Crippen LogP contribution in [0, 0.1) is 0 Å². The van der Waals surface area contributed by atoms with Gasteiger partial charge >= 0.3 is 0 Å². The smallest absolute Gasteiger partial charge is 0.230 e. The minimum atomic E-state index is -0.112. The number of anilines is 2. The summed E-state index contributed by atoms with van der Waals surface area (Å²) >= 11 is 7.73. The van der Waals surface area contributed by atoms with E-state index in [0.29, 0.717) is 23.1 Å². The van der Waals surface area contributed by atoms with Crippen molar-refractivity contribution in [1.82, 2.24) is 4.98 Å². The Bertz CT molecular complexity index is 960. The maximum absolute atomic E-state index is 12.3. The van der Waals surface area contributed by atoms with Gasteiger partial charge in [0.05, 0.1) is 12.8 Å². The van der Waals surface area contributed by atoms with E-state index in [1.165, 1.54) is 18.3 Å². The molecule has 0 aliphatic heterocycles. The van der Waals surface area contributed by atoms with Gasteiger partial charge in [-0.2, -0.15) is 0 Å². The van der Waals surface area contributed by atoms with Crippen LogP contribution in [0.15, 0.2) is 53.9 Å². The third-order valence-electron chi connectivity index (χ3n) is 4.45. The molecule has 1 heterocycles. The maximum Gasteiger partial charge on any atom is 0.230 e. The fraction of sp³-hybridized carbons (Fsp3) is 0.238. The molecule has 1 amide bonds. The highest BCUT2D eigenvalue weighted by molar-refractivity contribution is 7.14. The molecule has 0 spiro atoms. The first-order valence-electron chi connectivity index (χ1n) is 8.97. The highest BCUT2D eigenvalue weighted by Crippen LogP contribution is 2.35. The number of rotatable bonds is 7. The van der Waals surface area contributed by atoms with Crippen molar-refractivity contribution in [1.29, 1.82) is 0 Å². The number of nitrogens with two attached hydrogens (primary N) is 1. The molecule has 0 saturated carbocycles. The van der Waals surface area contributed by atoms with Crippen molar-refractivity contribution in [3.63, 3.8) is 0 Å². The molecule has 2 aromatic carbocycles. The number of hydrogen-bond donors (Lipinski definition) is 1. The lowest BCUT2D eigenvalue weighted by Crippen LogP contribution is -2.83. The summed E-state index contributed by atoms with van der Waals surface area (Å²) in [4.78, 5) is 18.6. The second-order valence-corrected chi connectivity index (χ2v) is 7.64. The Labute approximate surface area is 173 Å². The second-order valence-electron chi connectivity index (χ2n) is 6.40. The van der Waals surface area contributed by atoms with Gasteiger partial charge in [0.15, 0.2) is 5.13 Å². The first-order valence-corrected chi connectivity index (χ1v) is 10.2. The van der Waals surface area contributed by atoms with Gasteiger partial charge in [0.1, 0.15) is 24.0 Å². The molecule has 1 atom stereocenters. The van der Waals surface area contributed by atoms with Gasteiger partial charge in [-0.1, -0.05) is 41.9 Å². The van der Waals surface area contributed by atoms with Crippen molar-refractivity contribution >= 4 is 39.7 Å². The summed E-state index contributed by atoms with van der Waals surface area (Å²) in [6.45, 7) is 4.34. The number of amides is 1. The Morgan fingerprint density at radius 1 is 1.25 bits per heavy atom. The van der Waals surface area contributed by atoms with Crippen LogP contribution in [0.4, 0.5) is 10.8 Å². The Morgan fingerprint density at radius 2 is 1.96 bits per heavy atom. The second kappa shape index (κ2) is 9.19. The normalized spacial score (nSPS) is 11.9. The standard InChI is InChI=1S/C21H22ClN3O2S/c1-14(17-8-4-5-9-18(17)22)23-12-16-13-28-21(24-16)25(15(2)26)19-10-6-7-11-20(19)27-3/h4-11,13-14,23H,12H2,1-3H3/p+1/t14-/m1/s1. The number of carbonyl (C=O) groups is 1. The lowest BCUT2D eigenvalue weighted by atomic mass is 10.1. The van der Waals surface area contributed by atoms with Crippen LogP contribution < -0.4 is 15.0 Å². The Hall–Kier alpha value is -2.41. The molecule has 0 saturated heterocycles. The molecule has 146 valence electrons. The van der Waals surface area contributed by atoms with Crippen molar-refractivity contribution < 1.29 is 14.8 Å². The Balaban J connectivity index is 1.76. The summed E-state index contributed by atoms with van der Waals surface area (Å²) in [5, 5.41) is 5.56. The minimum Gasteiger partial charge on any atom is -0.495 e. The molecule has 0 radical (unpaired) electrons. The van der Waals surface area contributed by atoms with E-state index in [4.69, 9.17) is 16.3 Å². The highest BCUT2D eigenvalue weighted by Gasteiger charge is 2.22. The predicted molar refractivity (Wildman–Crippen MR) is 113 cm³/mol. The maximum atomic E-state index is 12.3. The Morgan fingerprint density at radius 3 is 2.68 bits per heavy atom. The van der Waals surface area contributed by atoms with Gasteiger partial charge in [0, 0.05) is 22.9 Å². The quantitative estimate of drug-likeness (QED) is 0.624. The van der Waals surface area contributed by atoms with Gasteiger partial charge in [-0.05, 0) is 25.1 Å². The lowest BCUT2D eigenvalue weighted by Gasteiger charge is -2.20. The van der Waals surface area contributed by atoms with Crippen molar-refractivity contribution in [3.05, 3.63) is 70.2 Å². The molecule has 0 aliphatic rings. The first kappa shape index (κ1) is 20.3. The molecule has 0 bridgehead atoms. The molecular formula is C21H23ClN3O2S+. The van der Waals surface area contributed by atoms with E-state index in [0.717, 1.165) is 16.3 Å². The van der Waals surface area contributed by atoms with Gasteiger partial charge < -0.3 is 10.1 Å². The number of hydrogen-bond acceptors (Lipinski definition) is 4. The SMILES string of the molecule is COc1ccccc1N(C(C)=O)c1nc(C[NH2+][C@H](C)c2ccccc2Cl)cs1. The molecular weight excluding hydrogens is 394 g/mol. The van der Waals surface area contributed by atoms with Crippen molar-refractivity contribution in [2.45, 2.75) is 26.4 Å². The predicted octanol–water partition coefficient (Wildman–Crippen LogP) is 4.31. The molecule has 3 aromatic rings. The number of aromatic nitrogens is 1. The number of nitrogens with zero attached hydrogens (tertiary/aromatic N) is 2. The lowest BCUT2D eigenvalue weighted by molar-refractivity contribution is -0.708. The van der Waals surface area contributed by atoms with Crippen molar-refractivity contribution in [2.75, 3.05) is 12.0 Å². The van der Waals surface area contributed by atoms with Gasteiger partial charge in [0.2, 0.25) is 5.91 Å². The van der Waals surface area contributed by atoms with E-state index in [-0.39, 0.29) is 11.9 Å². The zero-order valence-electron chi connectivity index (χ0n) is 16.1. The number of methoxy groups -OCH3 is 1. The van der Waals surface area contributed by atoms with E-state index in [2.05, 4.69) is 17.2 Å². The van der Waals surface area contributed by atoms with Gasteiger partial charge in [0.25, 0.3) is 0 Å². The fourth-order valence-corrected chi connectivity index (χ4v) is 4.18. The summed E-state index contributed by atoms with van der Waals surface area (Å²) in [5.74, 6) is 0.521. The molecule has 7 heteroatoms. The topological polar surface area (TPSA) is 59.0 Å². The highest BCUT2D eigenvalue weighted by atomic mass is 35.5. The zero-order chi connectivity index (χ0) is 20.1. The minimum absolute atomic E-state index is 0.112.